The number of rotatable bonds is 5. The zero-order valence-corrected chi connectivity index (χ0v) is 16.8. The topological polar surface area (TPSA) is 32.3 Å². The molecule has 1 fully saturated rings. The standard InChI is InChI=1S/C22H28N2OS/c1-16-4-5-17(2)20(12-16)14-22(25)23-21-13-19(7-6-18(21)3)15-24-8-10-26-11-9-24/h4-7,12-13H,8-11,14-15H2,1-3H3,(H,23,25). The molecule has 0 saturated carbocycles. The first-order chi connectivity index (χ1) is 12.5. The van der Waals surface area contributed by atoms with Gasteiger partial charge in [0.05, 0.1) is 6.42 Å². The minimum atomic E-state index is 0.0494. The van der Waals surface area contributed by atoms with Crippen LogP contribution < -0.4 is 5.32 Å². The molecule has 3 rings (SSSR count). The first-order valence-corrected chi connectivity index (χ1v) is 10.4. The quantitative estimate of drug-likeness (QED) is 0.852. The largest absolute Gasteiger partial charge is 0.326 e. The van der Waals surface area contributed by atoms with Gasteiger partial charge in [0, 0.05) is 36.8 Å². The fourth-order valence-corrected chi connectivity index (χ4v) is 4.26. The van der Waals surface area contributed by atoms with Crippen molar-refractivity contribution >= 4 is 23.4 Å². The summed E-state index contributed by atoms with van der Waals surface area (Å²) in [7, 11) is 0. The lowest BCUT2D eigenvalue weighted by Crippen LogP contribution is -2.32. The van der Waals surface area contributed by atoms with Gasteiger partial charge in [0.15, 0.2) is 0 Å². The Labute approximate surface area is 161 Å². The van der Waals surface area contributed by atoms with Crippen LogP contribution >= 0.6 is 11.8 Å². The van der Waals surface area contributed by atoms with Gasteiger partial charge in [0.25, 0.3) is 0 Å². The van der Waals surface area contributed by atoms with Crippen LogP contribution in [0.3, 0.4) is 0 Å². The summed E-state index contributed by atoms with van der Waals surface area (Å²) >= 11 is 2.03. The summed E-state index contributed by atoms with van der Waals surface area (Å²) in [4.78, 5) is 15.1. The smallest absolute Gasteiger partial charge is 0.228 e. The third-order valence-corrected chi connectivity index (χ3v) is 5.88. The summed E-state index contributed by atoms with van der Waals surface area (Å²) in [5, 5.41) is 3.12. The lowest BCUT2D eigenvalue weighted by atomic mass is 10.0. The van der Waals surface area contributed by atoms with Crippen molar-refractivity contribution in [2.45, 2.75) is 33.7 Å². The van der Waals surface area contributed by atoms with Gasteiger partial charge in [-0.1, -0.05) is 35.9 Å². The van der Waals surface area contributed by atoms with Gasteiger partial charge in [-0.25, -0.2) is 0 Å². The molecule has 0 radical (unpaired) electrons. The molecule has 3 nitrogen and oxygen atoms in total. The van der Waals surface area contributed by atoms with Gasteiger partial charge in [-0.2, -0.15) is 11.8 Å². The van der Waals surface area contributed by atoms with Crippen LogP contribution in [0.15, 0.2) is 36.4 Å². The van der Waals surface area contributed by atoms with Crippen molar-refractivity contribution in [2.75, 3.05) is 29.9 Å². The molecule has 1 heterocycles. The van der Waals surface area contributed by atoms with Crippen LogP contribution in [0.4, 0.5) is 5.69 Å². The van der Waals surface area contributed by atoms with Gasteiger partial charge in [0.2, 0.25) is 5.91 Å². The van der Waals surface area contributed by atoms with E-state index in [9.17, 15) is 4.79 Å². The maximum Gasteiger partial charge on any atom is 0.228 e. The molecule has 26 heavy (non-hydrogen) atoms. The Bertz CT molecular complexity index is 782. The Morgan fingerprint density at radius 1 is 1.04 bits per heavy atom. The molecule has 1 saturated heterocycles. The Hall–Kier alpha value is -1.78. The van der Waals surface area contributed by atoms with Crippen molar-refractivity contribution in [1.82, 2.24) is 4.90 Å². The minimum Gasteiger partial charge on any atom is -0.326 e. The molecule has 2 aromatic carbocycles. The number of nitrogens with one attached hydrogen (secondary N) is 1. The molecular formula is C22H28N2OS. The molecule has 0 aliphatic carbocycles. The molecule has 0 spiro atoms. The van der Waals surface area contributed by atoms with E-state index in [2.05, 4.69) is 67.4 Å². The highest BCUT2D eigenvalue weighted by molar-refractivity contribution is 7.99. The monoisotopic (exact) mass is 368 g/mol. The molecule has 1 N–H and O–H groups in total. The second kappa shape index (κ2) is 8.74. The number of anilines is 1. The first-order valence-electron chi connectivity index (χ1n) is 9.27. The summed E-state index contributed by atoms with van der Waals surface area (Å²) in [6.07, 6.45) is 0.417. The number of carbonyl (C=O) groups excluding carboxylic acids is 1. The highest BCUT2D eigenvalue weighted by Gasteiger charge is 2.13. The maximum absolute atomic E-state index is 12.6. The Balaban J connectivity index is 1.67. The van der Waals surface area contributed by atoms with E-state index in [1.54, 1.807) is 0 Å². The van der Waals surface area contributed by atoms with Crippen molar-refractivity contribution in [3.8, 4) is 0 Å². The molecule has 0 unspecified atom stereocenters. The number of hydrogen-bond acceptors (Lipinski definition) is 3. The molecule has 0 bridgehead atoms. The van der Waals surface area contributed by atoms with E-state index >= 15 is 0 Å². The maximum atomic E-state index is 12.6. The Morgan fingerprint density at radius 3 is 2.54 bits per heavy atom. The van der Waals surface area contributed by atoms with E-state index in [1.165, 1.54) is 28.2 Å². The van der Waals surface area contributed by atoms with Crippen molar-refractivity contribution in [2.24, 2.45) is 0 Å². The predicted molar refractivity (Wildman–Crippen MR) is 112 cm³/mol. The van der Waals surface area contributed by atoms with Crippen LogP contribution in [-0.2, 0) is 17.8 Å². The average Bonchev–Trinajstić information content (AvgIpc) is 2.62. The van der Waals surface area contributed by atoms with Gasteiger partial charge < -0.3 is 5.32 Å². The minimum absolute atomic E-state index is 0.0494. The van der Waals surface area contributed by atoms with Crippen molar-refractivity contribution in [3.63, 3.8) is 0 Å². The van der Waals surface area contributed by atoms with Gasteiger partial charge in [-0.15, -0.1) is 0 Å². The van der Waals surface area contributed by atoms with Crippen molar-refractivity contribution in [1.29, 1.82) is 0 Å². The van der Waals surface area contributed by atoms with Crippen molar-refractivity contribution in [3.05, 3.63) is 64.2 Å². The lowest BCUT2D eigenvalue weighted by molar-refractivity contribution is -0.115. The van der Waals surface area contributed by atoms with Gasteiger partial charge in [-0.05, 0) is 49.1 Å². The summed E-state index contributed by atoms with van der Waals surface area (Å²) in [6, 6.07) is 12.7. The lowest BCUT2D eigenvalue weighted by Gasteiger charge is -2.26. The first kappa shape index (κ1) is 19.0. The fourth-order valence-electron chi connectivity index (χ4n) is 3.28. The predicted octanol–water partition coefficient (Wildman–Crippen LogP) is 4.34. The van der Waals surface area contributed by atoms with E-state index in [0.29, 0.717) is 6.42 Å². The van der Waals surface area contributed by atoms with Gasteiger partial charge in [0.1, 0.15) is 0 Å². The van der Waals surface area contributed by atoms with Crippen LogP contribution in [-0.4, -0.2) is 35.4 Å². The normalized spacial score (nSPS) is 15.0. The molecule has 1 amide bonds. The number of benzene rings is 2. The third kappa shape index (κ3) is 5.12. The molecule has 0 aromatic heterocycles. The highest BCUT2D eigenvalue weighted by Crippen LogP contribution is 2.20. The van der Waals surface area contributed by atoms with E-state index in [0.717, 1.165) is 36.4 Å². The number of nitrogens with zero attached hydrogens (tertiary/aromatic N) is 1. The zero-order chi connectivity index (χ0) is 18.5. The fraction of sp³-hybridized carbons (Fsp3) is 0.409. The van der Waals surface area contributed by atoms with E-state index in [-0.39, 0.29) is 5.91 Å². The van der Waals surface area contributed by atoms with Crippen LogP contribution in [0.2, 0.25) is 0 Å². The van der Waals surface area contributed by atoms with E-state index < -0.39 is 0 Å². The van der Waals surface area contributed by atoms with E-state index in [1.807, 2.05) is 11.8 Å². The number of carbonyl (C=O) groups is 1. The Kier molecular flexibility index (Phi) is 6.38. The van der Waals surface area contributed by atoms with Gasteiger partial charge >= 0.3 is 0 Å². The molecule has 4 heteroatoms. The van der Waals surface area contributed by atoms with Crippen LogP contribution in [0.5, 0.6) is 0 Å². The molecule has 1 aliphatic rings. The summed E-state index contributed by atoms with van der Waals surface area (Å²) in [6.45, 7) is 9.42. The van der Waals surface area contributed by atoms with E-state index in [4.69, 9.17) is 0 Å². The highest BCUT2D eigenvalue weighted by atomic mass is 32.2. The second-order valence-electron chi connectivity index (χ2n) is 7.19. The molecule has 1 aliphatic heterocycles. The zero-order valence-electron chi connectivity index (χ0n) is 16.0. The Morgan fingerprint density at radius 2 is 1.77 bits per heavy atom. The van der Waals surface area contributed by atoms with Gasteiger partial charge in [-0.3, -0.25) is 9.69 Å². The molecule has 0 atom stereocenters. The number of hydrogen-bond donors (Lipinski definition) is 1. The summed E-state index contributed by atoms with van der Waals surface area (Å²) in [5.41, 5.74) is 6.77. The molecule has 138 valence electrons. The summed E-state index contributed by atoms with van der Waals surface area (Å²) in [5.74, 6) is 2.48. The van der Waals surface area contributed by atoms with Crippen LogP contribution in [0.25, 0.3) is 0 Å². The molecular weight excluding hydrogens is 340 g/mol. The number of thioether (sulfide) groups is 1. The molecule has 2 aromatic rings. The van der Waals surface area contributed by atoms with Crippen LogP contribution in [0.1, 0.15) is 27.8 Å². The van der Waals surface area contributed by atoms with Crippen LogP contribution in [0, 0.1) is 20.8 Å². The average molecular weight is 369 g/mol. The summed E-state index contributed by atoms with van der Waals surface area (Å²) < 4.78 is 0. The number of amides is 1. The second-order valence-corrected chi connectivity index (χ2v) is 8.42. The third-order valence-electron chi connectivity index (χ3n) is 4.94. The SMILES string of the molecule is Cc1ccc(C)c(CC(=O)Nc2cc(CN3CCSCC3)ccc2C)c1. The number of aryl methyl sites for hydroxylation is 3. The van der Waals surface area contributed by atoms with Crippen molar-refractivity contribution < 1.29 is 4.79 Å².